The molecule has 0 spiro atoms. The standard InChI is InChI=1S/C59H101NO8/c1-6-8-10-12-14-16-18-20-21-22-23-24-25-26-27-28-29-30-31-32-33-34-35-36-37-38-40-42-44-46-48-50-57(62)68-55(54-67-59(58(63)64)65-52-51-60(3,4)5)53-66-56(61)49-47-45-43-41-39-19-17-15-13-11-9-7-2/h8,10,14,16,20-21,23-24,26-27,29-30,32-33,55,59H,6-7,9,11-13,15,17-19,22,25,28,31,34-54H2,1-5H3/p+1/b10-8-,16-14-,21-20-,24-23-,27-26-,30-29-,33-32-. The van der Waals surface area contributed by atoms with Crippen LogP contribution in [0.1, 0.15) is 213 Å². The molecule has 0 rings (SSSR count). The number of likely N-dealkylation sites (N-methyl/N-ethyl adjacent to an activating group) is 1. The highest BCUT2D eigenvalue weighted by Gasteiger charge is 2.25. The fourth-order valence-corrected chi connectivity index (χ4v) is 7.23. The van der Waals surface area contributed by atoms with Gasteiger partial charge in [0.25, 0.3) is 6.29 Å². The van der Waals surface area contributed by atoms with Crippen molar-refractivity contribution in [1.29, 1.82) is 0 Å². The van der Waals surface area contributed by atoms with E-state index in [1.807, 2.05) is 21.1 Å². The van der Waals surface area contributed by atoms with E-state index in [-0.39, 0.29) is 32.2 Å². The molecule has 0 radical (unpaired) electrons. The van der Waals surface area contributed by atoms with Crippen LogP contribution in [-0.2, 0) is 33.3 Å². The minimum Gasteiger partial charge on any atom is -0.477 e. The lowest BCUT2D eigenvalue weighted by Gasteiger charge is -2.25. The first kappa shape index (κ1) is 64.5. The van der Waals surface area contributed by atoms with E-state index in [2.05, 4.69) is 98.9 Å². The van der Waals surface area contributed by atoms with Gasteiger partial charge in [0.05, 0.1) is 34.4 Å². The van der Waals surface area contributed by atoms with Crippen molar-refractivity contribution in [3.63, 3.8) is 0 Å². The summed E-state index contributed by atoms with van der Waals surface area (Å²) in [6, 6.07) is 0. The Balaban J connectivity index is 4.23. The zero-order valence-electron chi connectivity index (χ0n) is 44.2. The molecule has 0 bridgehead atoms. The summed E-state index contributed by atoms with van der Waals surface area (Å²) in [7, 11) is 5.96. The summed E-state index contributed by atoms with van der Waals surface area (Å²) < 4.78 is 22.8. The van der Waals surface area contributed by atoms with Crippen LogP contribution in [0.25, 0.3) is 0 Å². The van der Waals surface area contributed by atoms with E-state index in [0.29, 0.717) is 23.9 Å². The van der Waals surface area contributed by atoms with Crippen LogP contribution in [-0.4, -0.2) is 87.4 Å². The average Bonchev–Trinajstić information content (AvgIpc) is 3.30. The number of esters is 2. The van der Waals surface area contributed by atoms with Crippen LogP contribution in [0.5, 0.6) is 0 Å². The van der Waals surface area contributed by atoms with Crippen molar-refractivity contribution < 1.29 is 42.9 Å². The molecule has 2 unspecified atom stereocenters. The van der Waals surface area contributed by atoms with Gasteiger partial charge in [-0.3, -0.25) is 9.59 Å². The van der Waals surface area contributed by atoms with Crippen molar-refractivity contribution in [3.8, 4) is 0 Å². The fraction of sp³-hybridized carbons (Fsp3) is 0.712. The molecule has 0 aliphatic carbocycles. The molecule has 9 nitrogen and oxygen atoms in total. The molecule has 2 atom stereocenters. The number of carboxylic acid groups (broad SMARTS) is 1. The molecule has 1 N–H and O–H groups in total. The normalized spacial score (nSPS) is 13.5. The minimum atomic E-state index is -1.51. The van der Waals surface area contributed by atoms with Crippen LogP contribution in [0.4, 0.5) is 0 Å². The van der Waals surface area contributed by atoms with Crippen LogP contribution in [0.2, 0.25) is 0 Å². The second-order valence-corrected chi connectivity index (χ2v) is 19.2. The van der Waals surface area contributed by atoms with Crippen molar-refractivity contribution in [2.45, 2.75) is 225 Å². The SMILES string of the molecule is CC/C=C\C/C=C\C/C=C\C/C=C\C/C=C\C/C=C\C/C=C\CCCCCCCCCCCC(=O)OC(COC(=O)CCCCCCCCCCCCCC)COC(OCC[N+](C)(C)C)C(=O)O. The average molecular weight is 953 g/mol. The van der Waals surface area contributed by atoms with E-state index in [1.165, 1.54) is 89.9 Å². The number of unbranched alkanes of at least 4 members (excludes halogenated alkanes) is 20. The molecule has 0 aromatic heterocycles. The second kappa shape index (κ2) is 49.9. The number of carbonyl (C=O) groups excluding carboxylic acids is 2. The summed E-state index contributed by atoms with van der Waals surface area (Å²) >= 11 is 0. The molecule has 0 fully saturated rings. The topological polar surface area (TPSA) is 108 Å². The van der Waals surface area contributed by atoms with Gasteiger partial charge in [-0.05, 0) is 70.6 Å². The molecule has 9 heteroatoms. The lowest BCUT2D eigenvalue weighted by Crippen LogP contribution is -2.40. The number of nitrogens with zero attached hydrogens (tertiary/aromatic N) is 1. The van der Waals surface area contributed by atoms with Crippen LogP contribution >= 0.6 is 0 Å². The lowest BCUT2D eigenvalue weighted by molar-refractivity contribution is -0.870. The first-order chi connectivity index (χ1) is 33.1. The quantitative estimate of drug-likeness (QED) is 0.0211. The van der Waals surface area contributed by atoms with Gasteiger partial charge in [-0.15, -0.1) is 0 Å². The maximum atomic E-state index is 12.8. The Labute approximate surface area is 417 Å². The highest BCUT2D eigenvalue weighted by molar-refractivity contribution is 5.71. The van der Waals surface area contributed by atoms with Gasteiger partial charge >= 0.3 is 17.9 Å². The van der Waals surface area contributed by atoms with E-state index in [0.717, 1.165) is 89.9 Å². The van der Waals surface area contributed by atoms with E-state index in [4.69, 9.17) is 18.9 Å². The summed E-state index contributed by atoms with van der Waals surface area (Å²) in [6.07, 6.45) is 62.3. The molecule has 0 aliphatic heterocycles. The molecule has 0 saturated heterocycles. The van der Waals surface area contributed by atoms with Gasteiger partial charge in [-0.1, -0.05) is 214 Å². The van der Waals surface area contributed by atoms with Gasteiger partial charge in [0, 0.05) is 12.8 Å². The highest BCUT2D eigenvalue weighted by atomic mass is 16.7. The van der Waals surface area contributed by atoms with Crippen LogP contribution in [0, 0.1) is 0 Å². The van der Waals surface area contributed by atoms with Crippen molar-refractivity contribution in [2.24, 2.45) is 0 Å². The first-order valence-corrected chi connectivity index (χ1v) is 27.3. The number of aliphatic carboxylic acids is 1. The monoisotopic (exact) mass is 953 g/mol. The molecule has 0 aromatic rings. The summed E-state index contributed by atoms with van der Waals surface area (Å²) in [4.78, 5) is 37.3. The largest absolute Gasteiger partial charge is 0.477 e. The molecular weight excluding hydrogens is 851 g/mol. The Morgan fingerprint density at radius 2 is 0.838 bits per heavy atom. The maximum Gasteiger partial charge on any atom is 0.361 e. The van der Waals surface area contributed by atoms with Crippen molar-refractivity contribution in [2.75, 3.05) is 47.5 Å². The number of carboxylic acids is 1. The van der Waals surface area contributed by atoms with E-state index >= 15 is 0 Å². The first-order valence-electron chi connectivity index (χ1n) is 27.3. The fourth-order valence-electron chi connectivity index (χ4n) is 7.23. The molecule has 68 heavy (non-hydrogen) atoms. The third-order valence-electron chi connectivity index (χ3n) is 11.4. The Morgan fingerprint density at radius 1 is 0.456 bits per heavy atom. The molecule has 0 heterocycles. The van der Waals surface area contributed by atoms with Crippen molar-refractivity contribution in [3.05, 3.63) is 85.1 Å². The molecule has 0 saturated carbocycles. The van der Waals surface area contributed by atoms with Crippen LogP contribution < -0.4 is 0 Å². The number of quaternary nitrogens is 1. The van der Waals surface area contributed by atoms with Crippen LogP contribution in [0.3, 0.4) is 0 Å². The predicted molar refractivity (Wildman–Crippen MR) is 286 cm³/mol. The van der Waals surface area contributed by atoms with Gasteiger partial charge in [0.2, 0.25) is 0 Å². The molecule has 0 aliphatic rings. The van der Waals surface area contributed by atoms with E-state index in [1.54, 1.807) is 0 Å². The number of carbonyl (C=O) groups is 3. The number of hydrogen-bond acceptors (Lipinski definition) is 7. The van der Waals surface area contributed by atoms with Crippen molar-refractivity contribution in [1.82, 2.24) is 0 Å². The number of allylic oxidation sites excluding steroid dienone is 14. The zero-order valence-corrected chi connectivity index (χ0v) is 44.2. The minimum absolute atomic E-state index is 0.184. The van der Waals surface area contributed by atoms with Gasteiger partial charge in [-0.2, -0.15) is 0 Å². The Morgan fingerprint density at radius 3 is 1.25 bits per heavy atom. The Kier molecular flexibility index (Phi) is 47.3. The predicted octanol–water partition coefficient (Wildman–Crippen LogP) is 15.6. The molecular formula is C59H102NO8+. The number of ether oxygens (including phenoxy) is 4. The molecule has 390 valence electrons. The molecule has 0 amide bonds. The van der Waals surface area contributed by atoms with E-state index < -0.39 is 24.3 Å². The number of hydrogen-bond donors (Lipinski definition) is 1. The second-order valence-electron chi connectivity index (χ2n) is 19.2. The summed E-state index contributed by atoms with van der Waals surface area (Å²) in [6.45, 7) is 4.74. The van der Waals surface area contributed by atoms with Crippen LogP contribution in [0.15, 0.2) is 85.1 Å². The van der Waals surface area contributed by atoms with Crippen molar-refractivity contribution >= 4 is 17.9 Å². The summed E-state index contributed by atoms with van der Waals surface area (Å²) in [5, 5.41) is 9.67. The molecule has 0 aromatic carbocycles. The Bertz CT molecular complexity index is 1390. The van der Waals surface area contributed by atoms with Gasteiger partial charge < -0.3 is 28.5 Å². The maximum absolute atomic E-state index is 12.8. The zero-order chi connectivity index (χ0) is 49.9. The Hall–Kier alpha value is -3.53. The van der Waals surface area contributed by atoms with Gasteiger partial charge in [-0.25, -0.2) is 4.79 Å². The van der Waals surface area contributed by atoms with Gasteiger partial charge in [0.15, 0.2) is 6.10 Å². The highest BCUT2D eigenvalue weighted by Crippen LogP contribution is 2.15. The third kappa shape index (κ3) is 50.3. The number of rotatable bonds is 49. The third-order valence-corrected chi connectivity index (χ3v) is 11.4. The lowest BCUT2D eigenvalue weighted by atomic mass is 10.0. The summed E-state index contributed by atoms with van der Waals surface area (Å²) in [5.74, 6) is -2.02. The van der Waals surface area contributed by atoms with E-state index in [9.17, 15) is 19.5 Å². The summed E-state index contributed by atoms with van der Waals surface area (Å²) in [5.41, 5.74) is 0. The smallest absolute Gasteiger partial charge is 0.361 e. The van der Waals surface area contributed by atoms with Gasteiger partial charge in [0.1, 0.15) is 13.2 Å².